The van der Waals surface area contributed by atoms with E-state index in [2.05, 4.69) is 36.4 Å². The summed E-state index contributed by atoms with van der Waals surface area (Å²) >= 11 is 3.52. The molecular formula is C12H15BrN4O2. The smallest absolute Gasteiger partial charge is 0.218 e. The number of nitrogens with zero attached hydrogens (tertiary/aromatic N) is 2. The summed E-state index contributed by atoms with van der Waals surface area (Å²) in [5, 5.41) is 9.67. The molecule has 102 valence electrons. The van der Waals surface area contributed by atoms with Crippen molar-refractivity contribution < 1.29 is 9.47 Å². The van der Waals surface area contributed by atoms with E-state index in [-0.39, 0.29) is 0 Å². The molecule has 0 fully saturated rings. The predicted octanol–water partition coefficient (Wildman–Crippen LogP) is 2.59. The van der Waals surface area contributed by atoms with Crippen LogP contribution in [-0.4, -0.2) is 28.9 Å². The first-order chi connectivity index (χ1) is 9.26. The van der Waals surface area contributed by atoms with Crippen molar-refractivity contribution in [3.8, 4) is 11.5 Å². The van der Waals surface area contributed by atoms with Crippen LogP contribution in [0.3, 0.4) is 0 Å². The number of methoxy groups -OCH3 is 1. The SMILES string of the molecule is CCOc1c(OC)ccc(Br)c1CNc1ncn[nH]1. The highest BCUT2D eigenvalue weighted by molar-refractivity contribution is 9.10. The number of aromatic amines is 1. The van der Waals surface area contributed by atoms with Crippen molar-refractivity contribution in [1.29, 1.82) is 0 Å². The third-order valence-corrected chi connectivity index (χ3v) is 3.27. The first kappa shape index (κ1) is 13.7. The highest BCUT2D eigenvalue weighted by atomic mass is 79.9. The highest BCUT2D eigenvalue weighted by Crippen LogP contribution is 2.36. The zero-order chi connectivity index (χ0) is 13.7. The second-order valence-electron chi connectivity index (χ2n) is 3.68. The van der Waals surface area contributed by atoms with Gasteiger partial charge in [-0.25, -0.2) is 10.1 Å². The summed E-state index contributed by atoms with van der Waals surface area (Å²) in [4.78, 5) is 4.01. The molecule has 0 radical (unpaired) electrons. The van der Waals surface area contributed by atoms with E-state index >= 15 is 0 Å². The summed E-state index contributed by atoms with van der Waals surface area (Å²) < 4.78 is 11.9. The van der Waals surface area contributed by atoms with Crippen LogP contribution in [0, 0.1) is 0 Å². The molecule has 7 heteroatoms. The third-order valence-electron chi connectivity index (χ3n) is 2.52. The quantitative estimate of drug-likeness (QED) is 0.853. The van der Waals surface area contributed by atoms with Crippen molar-refractivity contribution >= 4 is 21.9 Å². The Balaban J connectivity index is 2.25. The second-order valence-corrected chi connectivity index (χ2v) is 4.53. The maximum Gasteiger partial charge on any atom is 0.218 e. The van der Waals surface area contributed by atoms with Gasteiger partial charge in [0.15, 0.2) is 11.5 Å². The average molecular weight is 327 g/mol. The van der Waals surface area contributed by atoms with Gasteiger partial charge in [-0.05, 0) is 19.1 Å². The van der Waals surface area contributed by atoms with Crippen molar-refractivity contribution in [2.75, 3.05) is 19.0 Å². The van der Waals surface area contributed by atoms with E-state index in [1.807, 2.05) is 19.1 Å². The Morgan fingerprint density at radius 1 is 1.42 bits per heavy atom. The number of hydrogen-bond acceptors (Lipinski definition) is 5. The van der Waals surface area contributed by atoms with Gasteiger partial charge in [0.2, 0.25) is 5.95 Å². The second kappa shape index (κ2) is 6.42. The molecule has 0 saturated heterocycles. The summed E-state index contributed by atoms with van der Waals surface area (Å²) in [6, 6.07) is 3.80. The number of aromatic nitrogens is 3. The van der Waals surface area contributed by atoms with E-state index in [0.29, 0.717) is 24.8 Å². The van der Waals surface area contributed by atoms with Crippen LogP contribution in [-0.2, 0) is 6.54 Å². The lowest BCUT2D eigenvalue weighted by Crippen LogP contribution is -2.06. The molecule has 1 heterocycles. The summed E-state index contributed by atoms with van der Waals surface area (Å²) in [5.74, 6) is 2.04. The monoisotopic (exact) mass is 326 g/mol. The molecule has 0 spiro atoms. The molecule has 0 unspecified atom stereocenters. The topological polar surface area (TPSA) is 72.1 Å². The maximum absolute atomic E-state index is 5.67. The lowest BCUT2D eigenvalue weighted by molar-refractivity contribution is 0.307. The van der Waals surface area contributed by atoms with Crippen molar-refractivity contribution in [2.45, 2.75) is 13.5 Å². The summed E-state index contributed by atoms with van der Waals surface area (Å²) in [5.41, 5.74) is 0.970. The molecule has 2 aromatic rings. The first-order valence-corrected chi connectivity index (χ1v) is 6.63. The van der Waals surface area contributed by atoms with Crippen molar-refractivity contribution in [1.82, 2.24) is 15.2 Å². The molecule has 19 heavy (non-hydrogen) atoms. The number of anilines is 1. The van der Waals surface area contributed by atoms with Gasteiger partial charge in [-0.2, -0.15) is 5.10 Å². The summed E-state index contributed by atoms with van der Waals surface area (Å²) in [6.07, 6.45) is 1.45. The van der Waals surface area contributed by atoms with Crippen LogP contribution in [0.2, 0.25) is 0 Å². The van der Waals surface area contributed by atoms with Gasteiger partial charge < -0.3 is 14.8 Å². The van der Waals surface area contributed by atoms with Crippen LogP contribution < -0.4 is 14.8 Å². The van der Waals surface area contributed by atoms with Gasteiger partial charge in [-0.1, -0.05) is 15.9 Å². The van der Waals surface area contributed by atoms with Crippen LogP contribution in [0.5, 0.6) is 11.5 Å². The van der Waals surface area contributed by atoms with Crippen LogP contribution in [0.4, 0.5) is 5.95 Å². The fourth-order valence-electron chi connectivity index (χ4n) is 1.67. The zero-order valence-electron chi connectivity index (χ0n) is 10.7. The number of halogens is 1. The molecule has 2 rings (SSSR count). The van der Waals surface area contributed by atoms with Gasteiger partial charge in [-0.15, -0.1) is 0 Å². The molecule has 0 bridgehead atoms. The number of nitrogens with one attached hydrogen (secondary N) is 2. The molecule has 6 nitrogen and oxygen atoms in total. The highest BCUT2D eigenvalue weighted by Gasteiger charge is 2.14. The van der Waals surface area contributed by atoms with E-state index in [1.54, 1.807) is 7.11 Å². The van der Waals surface area contributed by atoms with Crippen molar-refractivity contribution in [2.24, 2.45) is 0 Å². The standard InChI is InChI=1S/C12H15BrN4O2/c1-3-19-11-8(6-14-12-15-7-16-17-12)9(13)4-5-10(11)18-2/h4-5,7H,3,6H2,1-2H3,(H2,14,15,16,17). The largest absolute Gasteiger partial charge is 0.493 e. The van der Waals surface area contributed by atoms with E-state index in [0.717, 1.165) is 15.8 Å². The van der Waals surface area contributed by atoms with E-state index < -0.39 is 0 Å². The average Bonchev–Trinajstić information content (AvgIpc) is 2.92. The lowest BCUT2D eigenvalue weighted by Gasteiger charge is -2.16. The minimum atomic E-state index is 0.544. The van der Waals surface area contributed by atoms with Gasteiger partial charge in [0, 0.05) is 16.6 Å². The fourth-order valence-corrected chi connectivity index (χ4v) is 2.13. The van der Waals surface area contributed by atoms with Crippen LogP contribution >= 0.6 is 15.9 Å². The van der Waals surface area contributed by atoms with Gasteiger partial charge in [0.25, 0.3) is 0 Å². The Labute approximate surface area is 119 Å². The Bertz CT molecular complexity index is 531. The van der Waals surface area contributed by atoms with Crippen LogP contribution in [0.15, 0.2) is 22.9 Å². The molecule has 1 aromatic heterocycles. The zero-order valence-corrected chi connectivity index (χ0v) is 12.3. The molecule has 0 saturated carbocycles. The number of H-pyrrole nitrogens is 1. The Morgan fingerprint density at radius 3 is 2.89 bits per heavy atom. The van der Waals surface area contributed by atoms with E-state index in [4.69, 9.17) is 9.47 Å². The van der Waals surface area contributed by atoms with E-state index in [9.17, 15) is 0 Å². The summed E-state index contributed by atoms with van der Waals surface area (Å²) in [6.45, 7) is 3.05. The molecule has 0 aliphatic rings. The van der Waals surface area contributed by atoms with Crippen molar-refractivity contribution in [3.05, 3.63) is 28.5 Å². The Hall–Kier alpha value is -1.76. The lowest BCUT2D eigenvalue weighted by atomic mass is 10.2. The number of hydrogen-bond donors (Lipinski definition) is 2. The molecule has 0 atom stereocenters. The van der Waals surface area contributed by atoms with Gasteiger partial charge >= 0.3 is 0 Å². The first-order valence-electron chi connectivity index (χ1n) is 5.83. The van der Waals surface area contributed by atoms with Crippen LogP contribution in [0.25, 0.3) is 0 Å². The molecule has 1 aromatic carbocycles. The van der Waals surface area contributed by atoms with E-state index in [1.165, 1.54) is 6.33 Å². The normalized spacial score (nSPS) is 10.3. The summed E-state index contributed by atoms with van der Waals surface area (Å²) in [7, 11) is 1.62. The fraction of sp³-hybridized carbons (Fsp3) is 0.333. The molecule has 0 aliphatic heterocycles. The molecule has 0 amide bonds. The Kier molecular flexibility index (Phi) is 4.62. The third kappa shape index (κ3) is 3.17. The Morgan fingerprint density at radius 2 is 2.26 bits per heavy atom. The van der Waals surface area contributed by atoms with Gasteiger partial charge in [-0.3, -0.25) is 0 Å². The maximum atomic E-state index is 5.67. The van der Waals surface area contributed by atoms with Crippen molar-refractivity contribution in [3.63, 3.8) is 0 Å². The molecule has 0 aliphatic carbocycles. The number of ether oxygens (including phenoxy) is 2. The van der Waals surface area contributed by atoms with Gasteiger partial charge in [0.1, 0.15) is 6.33 Å². The predicted molar refractivity (Wildman–Crippen MR) is 75.6 cm³/mol. The molecular weight excluding hydrogens is 312 g/mol. The number of rotatable bonds is 6. The minimum Gasteiger partial charge on any atom is -0.493 e. The van der Waals surface area contributed by atoms with Crippen LogP contribution in [0.1, 0.15) is 12.5 Å². The number of benzene rings is 1. The van der Waals surface area contributed by atoms with Gasteiger partial charge in [0.05, 0.1) is 13.7 Å². The minimum absolute atomic E-state index is 0.544. The molecule has 2 N–H and O–H groups in total.